The molecule has 0 aliphatic rings. The van der Waals surface area contributed by atoms with Crippen LogP contribution in [0.5, 0.6) is 18.0 Å². The Bertz CT molecular complexity index is 614. The van der Waals surface area contributed by atoms with Crippen molar-refractivity contribution in [1.29, 1.82) is 0 Å². The summed E-state index contributed by atoms with van der Waals surface area (Å²) in [7, 11) is 2.66. The zero-order valence-electron chi connectivity index (χ0n) is 10.7. The Kier molecular flexibility index (Phi) is 4.04. The van der Waals surface area contributed by atoms with Crippen molar-refractivity contribution in [3.63, 3.8) is 0 Å². The van der Waals surface area contributed by atoms with Crippen molar-refractivity contribution in [2.24, 2.45) is 0 Å². The summed E-state index contributed by atoms with van der Waals surface area (Å²) >= 11 is 0. The van der Waals surface area contributed by atoms with Crippen molar-refractivity contribution in [3.8, 4) is 18.0 Å². The number of aromatic nitrogens is 3. The molecule has 0 N–H and O–H groups in total. The number of methoxy groups -OCH3 is 2. The van der Waals surface area contributed by atoms with Gasteiger partial charge in [-0.25, -0.2) is 9.18 Å². The van der Waals surface area contributed by atoms with E-state index in [9.17, 15) is 9.18 Å². The van der Waals surface area contributed by atoms with E-state index in [1.54, 1.807) is 0 Å². The zero-order chi connectivity index (χ0) is 14.5. The molecule has 0 saturated heterocycles. The summed E-state index contributed by atoms with van der Waals surface area (Å²) in [6, 6.07) is 4.87. The summed E-state index contributed by atoms with van der Waals surface area (Å²) in [5.41, 5.74) is -0.231. The van der Waals surface area contributed by atoms with Crippen LogP contribution in [-0.2, 0) is 0 Å². The molecular weight excluding hydrogens is 269 g/mol. The molecule has 1 aromatic heterocycles. The van der Waals surface area contributed by atoms with E-state index in [4.69, 9.17) is 14.2 Å². The Balaban J connectivity index is 2.26. The number of benzene rings is 1. The summed E-state index contributed by atoms with van der Waals surface area (Å²) < 4.78 is 27.9. The number of esters is 1. The fourth-order valence-electron chi connectivity index (χ4n) is 1.31. The Labute approximate surface area is 113 Å². The van der Waals surface area contributed by atoms with Gasteiger partial charge in [0.1, 0.15) is 5.82 Å². The average molecular weight is 279 g/mol. The molecule has 0 unspecified atom stereocenters. The number of carbonyl (C=O) groups is 1. The van der Waals surface area contributed by atoms with Gasteiger partial charge in [0.25, 0.3) is 0 Å². The van der Waals surface area contributed by atoms with Gasteiger partial charge in [-0.2, -0.15) is 0 Å². The molecule has 0 bridgehead atoms. The molecule has 2 aromatic rings. The molecular formula is C12H10FN3O4. The molecule has 1 aromatic carbocycles. The Hall–Kier alpha value is -2.77. The minimum Gasteiger partial charge on any atom is -0.467 e. The number of rotatable bonds is 4. The van der Waals surface area contributed by atoms with Gasteiger partial charge in [0.05, 0.1) is 19.8 Å². The molecule has 0 radical (unpaired) electrons. The number of carbonyl (C=O) groups excluding carboxylic acids is 1. The van der Waals surface area contributed by atoms with Crippen molar-refractivity contribution in [2.75, 3.05) is 14.2 Å². The second-order valence-corrected chi connectivity index (χ2v) is 3.46. The fourth-order valence-corrected chi connectivity index (χ4v) is 1.31. The molecule has 8 heteroatoms. The molecule has 104 valence electrons. The number of ether oxygens (including phenoxy) is 3. The first-order valence-electron chi connectivity index (χ1n) is 5.45. The molecule has 0 amide bonds. The second-order valence-electron chi connectivity index (χ2n) is 3.46. The van der Waals surface area contributed by atoms with Crippen molar-refractivity contribution >= 4 is 5.97 Å². The van der Waals surface area contributed by atoms with Gasteiger partial charge >= 0.3 is 24.0 Å². The third-order valence-electron chi connectivity index (χ3n) is 2.22. The minimum atomic E-state index is -0.932. The predicted octanol–water partition coefficient (Wildman–Crippen LogP) is 1.25. The molecule has 0 fully saturated rings. The second kappa shape index (κ2) is 5.91. The van der Waals surface area contributed by atoms with Crippen molar-refractivity contribution in [2.45, 2.75) is 0 Å². The predicted molar refractivity (Wildman–Crippen MR) is 64.3 cm³/mol. The van der Waals surface area contributed by atoms with Gasteiger partial charge in [0.2, 0.25) is 0 Å². The molecule has 0 aliphatic carbocycles. The van der Waals surface area contributed by atoms with Crippen molar-refractivity contribution in [3.05, 3.63) is 35.6 Å². The summed E-state index contributed by atoms with van der Waals surface area (Å²) in [6.45, 7) is 0. The zero-order valence-corrected chi connectivity index (χ0v) is 10.7. The maximum atomic E-state index is 13.4. The normalized spacial score (nSPS) is 9.95. The SMILES string of the molecule is COc1nc(OC)nc(OC(=O)c2ccccc2F)n1. The molecule has 0 saturated carbocycles. The Morgan fingerprint density at radius 1 is 1.00 bits per heavy atom. The van der Waals surface area contributed by atoms with Crippen LogP contribution in [0, 0.1) is 5.82 Å². The van der Waals surface area contributed by atoms with E-state index >= 15 is 0 Å². The van der Waals surface area contributed by atoms with E-state index in [1.165, 1.54) is 32.4 Å². The molecule has 0 aliphatic heterocycles. The van der Waals surface area contributed by atoms with Crippen molar-refractivity contribution in [1.82, 2.24) is 15.0 Å². The van der Waals surface area contributed by atoms with E-state index in [0.717, 1.165) is 6.07 Å². The monoisotopic (exact) mass is 279 g/mol. The van der Waals surface area contributed by atoms with Crippen LogP contribution in [0.1, 0.15) is 10.4 Å². The summed E-state index contributed by atoms with van der Waals surface area (Å²) in [5, 5.41) is 0. The lowest BCUT2D eigenvalue weighted by Gasteiger charge is -2.05. The molecule has 7 nitrogen and oxygen atoms in total. The van der Waals surface area contributed by atoms with Gasteiger partial charge in [-0.3, -0.25) is 0 Å². The lowest BCUT2D eigenvalue weighted by molar-refractivity contribution is 0.0711. The molecule has 20 heavy (non-hydrogen) atoms. The highest BCUT2D eigenvalue weighted by atomic mass is 19.1. The highest BCUT2D eigenvalue weighted by molar-refractivity contribution is 5.90. The van der Waals surface area contributed by atoms with Gasteiger partial charge in [-0.1, -0.05) is 12.1 Å². The van der Waals surface area contributed by atoms with E-state index in [-0.39, 0.29) is 23.6 Å². The quantitative estimate of drug-likeness (QED) is 0.778. The lowest BCUT2D eigenvalue weighted by atomic mass is 10.2. The van der Waals surface area contributed by atoms with Crippen LogP contribution in [0.4, 0.5) is 4.39 Å². The molecule has 0 spiro atoms. The maximum absolute atomic E-state index is 13.4. The summed E-state index contributed by atoms with van der Waals surface area (Å²) in [6.07, 6.45) is 0. The van der Waals surface area contributed by atoms with Gasteiger partial charge < -0.3 is 14.2 Å². The van der Waals surface area contributed by atoms with Gasteiger partial charge in [0, 0.05) is 0 Å². The highest BCUT2D eigenvalue weighted by Crippen LogP contribution is 2.16. The number of nitrogens with zero attached hydrogens (tertiary/aromatic N) is 3. The van der Waals surface area contributed by atoms with Crippen LogP contribution in [0.25, 0.3) is 0 Å². The van der Waals surface area contributed by atoms with E-state index in [2.05, 4.69) is 15.0 Å². The van der Waals surface area contributed by atoms with E-state index < -0.39 is 11.8 Å². The number of halogens is 1. The van der Waals surface area contributed by atoms with E-state index in [1.807, 2.05) is 0 Å². The fraction of sp³-hybridized carbons (Fsp3) is 0.167. The standard InChI is InChI=1S/C12H10FN3O4/c1-18-10-14-11(19-2)16-12(15-10)20-9(17)7-5-3-4-6-8(7)13/h3-6H,1-2H3. The highest BCUT2D eigenvalue weighted by Gasteiger charge is 2.17. The first kappa shape index (κ1) is 13.7. The van der Waals surface area contributed by atoms with Crippen LogP contribution in [0.2, 0.25) is 0 Å². The average Bonchev–Trinajstić information content (AvgIpc) is 2.47. The Morgan fingerprint density at radius 3 is 2.10 bits per heavy atom. The summed E-state index contributed by atoms with van der Waals surface area (Å²) in [4.78, 5) is 22.9. The molecule has 2 rings (SSSR count). The van der Waals surface area contributed by atoms with Crippen LogP contribution in [0.15, 0.2) is 24.3 Å². The number of hydrogen-bond donors (Lipinski definition) is 0. The Morgan fingerprint density at radius 2 is 1.55 bits per heavy atom. The van der Waals surface area contributed by atoms with E-state index in [0.29, 0.717) is 0 Å². The minimum absolute atomic E-state index is 0.0896. The number of hydrogen-bond acceptors (Lipinski definition) is 7. The van der Waals surface area contributed by atoms with Crippen LogP contribution < -0.4 is 14.2 Å². The first-order valence-corrected chi connectivity index (χ1v) is 5.45. The van der Waals surface area contributed by atoms with Gasteiger partial charge in [-0.15, -0.1) is 15.0 Å². The first-order chi connectivity index (χ1) is 9.63. The molecule has 0 atom stereocenters. The van der Waals surface area contributed by atoms with Crippen LogP contribution in [0.3, 0.4) is 0 Å². The third kappa shape index (κ3) is 2.97. The largest absolute Gasteiger partial charge is 0.467 e. The van der Waals surface area contributed by atoms with Crippen LogP contribution >= 0.6 is 0 Å². The third-order valence-corrected chi connectivity index (χ3v) is 2.22. The van der Waals surface area contributed by atoms with Gasteiger partial charge in [0.15, 0.2) is 0 Å². The maximum Gasteiger partial charge on any atom is 0.348 e. The van der Waals surface area contributed by atoms with Crippen molar-refractivity contribution < 1.29 is 23.4 Å². The summed E-state index contributed by atoms with van der Waals surface area (Å²) in [5.74, 6) is -1.64. The topological polar surface area (TPSA) is 83.4 Å². The molecule has 1 heterocycles. The lowest BCUT2D eigenvalue weighted by Crippen LogP contribution is -2.13. The smallest absolute Gasteiger partial charge is 0.348 e. The van der Waals surface area contributed by atoms with Gasteiger partial charge in [-0.05, 0) is 12.1 Å². The van der Waals surface area contributed by atoms with Crippen LogP contribution in [-0.4, -0.2) is 35.1 Å².